The summed E-state index contributed by atoms with van der Waals surface area (Å²) in [7, 11) is 0. The Morgan fingerprint density at radius 1 is 1.43 bits per heavy atom. The minimum atomic E-state index is -1.02. The van der Waals surface area contributed by atoms with Crippen molar-refractivity contribution in [3.63, 3.8) is 0 Å². The molecule has 0 aromatic heterocycles. The molecule has 6 heteroatoms. The molecule has 1 saturated heterocycles. The molecule has 4 nitrogen and oxygen atoms in total. The first-order chi connectivity index (χ1) is 9.62. The molecule has 1 heterocycles. The molecule has 0 bridgehead atoms. The summed E-state index contributed by atoms with van der Waals surface area (Å²) in [5.41, 5.74) is 0.101. The summed E-state index contributed by atoms with van der Waals surface area (Å²) in [6, 6.07) is 3.50. The van der Waals surface area contributed by atoms with E-state index in [1.807, 2.05) is 20.8 Å². The van der Waals surface area contributed by atoms with Gasteiger partial charge in [0.15, 0.2) is 0 Å². The van der Waals surface area contributed by atoms with E-state index < -0.39 is 29.3 Å². The van der Waals surface area contributed by atoms with Gasteiger partial charge in [0, 0.05) is 16.4 Å². The average Bonchev–Trinajstić information content (AvgIpc) is 2.66. The van der Waals surface area contributed by atoms with Crippen molar-refractivity contribution in [3.05, 3.63) is 34.1 Å². The SMILES string of the molecule is CC(C)(C)N1C(=O)CC(C(=O)O)C1c1ccc(F)cc1Br. The number of aliphatic carboxylic acids is 1. The second-order valence-electron chi connectivity index (χ2n) is 6.19. The number of benzene rings is 1. The molecule has 0 saturated carbocycles. The van der Waals surface area contributed by atoms with E-state index in [-0.39, 0.29) is 12.3 Å². The first kappa shape index (κ1) is 15.9. The van der Waals surface area contributed by atoms with Gasteiger partial charge in [0.1, 0.15) is 5.82 Å². The van der Waals surface area contributed by atoms with E-state index in [2.05, 4.69) is 15.9 Å². The lowest BCUT2D eigenvalue weighted by molar-refractivity contribution is -0.142. The van der Waals surface area contributed by atoms with Crippen LogP contribution in [0.15, 0.2) is 22.7 Å². The number of amides is 1. The Labute approximate surface area is 131 Å². The third kappa shape index (κ3) is 2.95. The zero-order chi connectivity index (χ0) is 15.9. The van der Waals surface area contributed by atoms with E-state index in [9.17, 15) is 19.1 Å². The van der Waals surface area contributed by atoms with Gasteiger partial charge >= 0.3 is 5.97 Å². The second kappa shape index (κ2) is 5.40. The maximum atomic E-state index is 13.3. The largest absolute Gasteiger partial charge is 0.481 e. The molecule has 2 unspecified atom stereocenters. The number of rotatable bonds is 2. The summed E-state index contributed by atoms with van der Waals surface area (Å²) in [5.74, 6) is -2.46. The van der Waals surface area contributed by atoms with E-state index in [0.29, 0.717) is 10.0 Å². The summed E-state index contributed by atoms with van der Waals surface area (Å²) in [6.45, 7) is 5.58. The Balaban J connectivity index is 2.57. The van der Waals surface area contributed by atoms with Crippen LogP contribution in [-0.4, -0.2) is 27.4 Å². The lowest BCUT2D eigenvalue weighted by atomic mass is 9.91. The smallest absolute Gasteiger partial charge is 0.309 e. The zero-order valence-corrected chi connectivity index (χ0v) is 13.6. The number of halogens is 2. The molecule has 2 rings (SSSR count). The van der Waals surface area contributed by atoms with Crippen LogP contribution in [-0.2, 0) is 9.59 Å². The molecule has 1 aliphatic heterocycles. The number of carboxylic acid groups (broad SMARTS) is 1. The lowest BCUT2D eigenvalue weighted by Crippen LogP contribution is -2.44. The average molecular weight is 358 g/mol. The van der Waals surface area contributed by atoms with E-state index in [1.54, 1.807) is 4.90 Å². The fourth-order valence-corrected chi connectivity index (χ4v) is 3.43. The van der Waals surface area contributed by atoms with Gasteiger partial charge in [0.2, 0.25) is 5.91 Å². The Kier molecular flexibility index (Phi) is 4.10. The summed E-state index contributed by atoms with van der Waals surface area (Å²) in [5, 5.41) is 9.42. The summed E-state index contributed by atoms with van der Waals surface area (Å²) in [4.78, 5) is 25.4. The maximum Gasteiger partial charge on any atom is 0.309 e. The van der Waals surface area contributed by atoms with Crippen LogP contribution in [0.25, 0.3) is 0 Å². The predicted octanol–water partition coefficient (Wildman–Crippen LogP) is 3.36. The van der Waals surface area contributed by atoms with Crippen molar-refractivity contribution in [2.45, 2.75) is 38.8 Å². The molecule has 21 heavy (non-hydrogen) atoms. The minimum absolute atomic E-state index is 0.0406. The van der Waals surface area contributed by atoms with Crippen LogP contribution >= 0.6 is 15.9 Å². The molecule has 2 atom stereocenters. The summed E-state index contributed by atoms with van der Waals surface area (Å²) >= 11 is 3.28. The maximum absolute atomic E-state index is 13.3. The third-order valence-corrected chi connectivity index (χ3v) is 4.33. The molecule has 114 valence electrons. The molecule has 1 amide bonds. The monoisotopic (exact) mass is 357 g/mol. The van der Waals surface area contributed by atoms with Gasteiger partial charge in [-0.05, 0) is 38.5 Å². The van der Waals surface area contributed by atoms with Crippen LogP contribution in [0.5, 0.6) is 0 Å². The second-order valence-corrected chi connectivity index (χ2v) is 7.05. The van der Waals surface area contributed by atoms with Gasteiger partial charge in [-0.2, -0.15) is 0 Å². The number of hydrogen-bond acceptors (Lipinski definition) is 2. The van der Waals surface area contributed by atoms with Crippen molar-refractivity contribution in [1.29, 1.82) is 0 Å². The van der Waals surface area contributed by atoms with Crippen LogP contribution < -0.4 is 0 Å². The first-order valence-corrected chi connectivity index (χ1v) is 7.42. The normalized spacial score (nSPS) is 22.7. The van der Waals surface area contributed by atoms with E-state index in [0.717, 1.165) is 0 Å². The highest BCUT2D eigenvalue weighted by molar-refractivity contribution is 9.10. The lowest BCUT2D eigenvalue weighted by Gasteiger charge is -2.38. The number of carboxylic acids is 1. The molecule has 1 aliphatic rings. The summed E-state index contributed by atoms with van der Waals surface area (Å²) < 4.78 is 13.7. The fourth-order valence-electron chi connectivity index (χ4n) is 2.84. The first-order valence-electron chi connectivity index (χ1n) is 6.63. The summed E-state index contributed by atoms with van der Waals surface area (Å²) in [6.07, 6.45) is -0.0406. The van der Waals surface area contributed by atoms with Crippen molar-refractivity contribution in [2.75, 3.05) is 0 Å². The van der Waals surface area contributed by atoms with Crippen LogP contribution in [0.3, 0.4) is 0 Å². The van der Waals surface area contributed by atoms with Crippen molar-refractivity contribution >= 4 is 27.8 Å². The Bertz CT molecular complexity index is 597. The van der Waals surface area contributed by atoms with Crippen molar-refractivity contribution < 1.29 is 19.1 Å². The van der Waals surface area contributed by atoms with Gasteiger partial charge < -0.3 is 10.0 Å². The molecule has 1 aromatic rings. The third-order valence-electron chi connectivity index (χ3n) is 3.64. The van der Waals surface area contributed by atoms with E-state index in [1.165, 1.54) is 18.2 Å². The highest BCUT2D eigenvalue weighted by Gasteiger charge is 2.49. The van der Waals surface area contributed by atoms with Crippen LogP contribution in [0.2, 0.25) is 0 Å². The molecular formula is C15H17BrFNO3. The van der Waals surface area contributed by atoms with Gasteiger partial charge in [-0.3, -0.25) is 9.59 Å². The Morgan fingerprint density at radius 2 is 2.05 bits per heavy atom. The minimum Gasteiger partial charge on any atom is -0.481 e. The number of hydrogen-bond donors (Lipinski definition) is 1. The fraction of sp³-hybridized carbons (Fsp3) is 0.467. The van der Waals surface area contributed by atoms with E-state index >= 15 is 0 Å². The van der Waals surface area contributed by atoms with Crippen LogP contribution in [0.1, 0.15) is 38.8 Å². The molecular weight excluding hydrogens is 341 g/mol. The Hall–Kier alpha value is -1.43. The topological polar surface area (TPSA) is 57.6 Å². The number of likely N-dealkylation sites (tertiary alicyclic amines) is 1. The van der Waals surface area contributed by atoms with Gasteiger partial charge in [-0.15, -0.1) is 0 Å². The quantitative estimate of drug-likeness (QED) is 0.882. The molecule has 1 aromatic carbocycles. The molecule has 0 radical (unpaired) electrons. The van der Waals surface area contributed by atoms with Crippen molar-refractivity contribution in [3.8, 4) is 0 Å². The highest BCUT2D eigenvalue weighted by atomic mass is 79.9. The van der Waals surface area contributed by atoms with E-state index in [4.69, 9.17) is 0 Å². The standard InChI is InChI=1S/C15H17BrFNO3/c1-15(2,3)18-12(19)7-10(14(20)21)13(18)9-5-4-8(17)6-11(9)16/h4-6,10,13H,7H2,1-3H3,(H,20,21). The molecule has 1 fully saturated rings. The van der Waals surface area contributed by atoms with Crippen molar-refractivity contribution in [2.24, 2.45) is 5.92 Å². The predicted molar refractivity (Wildman–Crippen MR) is 79.2 cm³/mol. The Morgan fingerprint density at radius 3 is 2.52 bits per heavy atom. The van der Waals surface area contributed by atoms with Crippen LogP contribution in [0, 0.1) is 11.7 Å². The van der Waals surface area contributed by atoms with Gasteiger partial charge in [-0.25, -0.2) is 4.39 Å². The highest BCUT2D eigenvalue weighted by Crippen LogP contribution is 2.44. The number of carbonyl (C=O) groups is 2. The van der Waals surface area contributed by atoms with Gasteiger partial charge in [0.25, 0.3) is 0 Å². The molecule has 1 N–H and O–H groups in total. The molecule has 0 spiro atoms. The molecule has 0 aliphatic carbocycles. The number of carbonyl (C=O) groups excluding carboxylic acids is 1. The van der Waals surface area contributed by atoms with Gasteiger partial charge in [0.05, 0.1) is 12.0 Å². The van der Waals surface area contributed by atoms with Crippen molar-refractivity contribution in [1.82, 2.24) is 4.90 Å². The zero-order valence-electron chi connectivity index (χ0n) is 12.1. The van der Waals surface area contributed by atoms with Gasteiger partial charge in [-0.1, -0.05) is 22.0 Å². The van der Waals surface area contributed by atoms with Crippen LogP contribution in [0.4, 0.5) is 4.39 Å². The number of nitrogens with zero attached hydrogens (tertiary/aromatic N) is 1.